The van der Waals surface area contributed by atoms with Gasteiger partial charge in [0.1, 0.15) is 5.82 Å². The predicted molar refractivity (Wildman–Crippen MR) is 139 cm³/mol. The molecule has 1 aromatic heterocycles. The van der Waals surface area contributed by atoms with E-state index in [0.717, 1.165) is 54.5 Å². The second kappa shape index (κ2) is 10.4. The quantitative estimate of drug-likeness (QED) is 0.359. The minimum atomic E-state index is -4.39. The number of carbonyl (C=O) groups is 1. The van der Waals surface area contributed by atoms with E-state index in [2.05, 4.69) is 40.3 Å². The van der Waals surface area contributed by atoms with Gasteiger partial charge in [0.15, 0.2) is 0 Å². The number of allylic oxidation sites excluding steroid dienone is 6. The fourth-order valence-electron chi connectivity index (χ4n) is 5.31. The first-order valence-electron chi connectivity index (χ1n) is 12.6. The molecule has 0 amide bonds. The van der Waals surface area contributed by atoms with Gasteiger partial charge >= 0.3 is 12.1 Å². The molecule has 2 aliphatic rings. The lowest BCUT2D eigenvalue weighted by atomic mass is 9.77. The summed E-state index contributed by atoms with van der Waals surface area (Å²) in [7, 11) is 1.44. The van der Waals surface area contributed by atoms with Gasteiger partial charge in [0, 0.05) is 12.0 Å². The summed E-state index contributed by atoms with van der Waals surface area (Å²) in [5, 5.41) is 0. The Bertz CT molecular complexity index is 1370. The van der Waals surface area contributed by atoms with Crippen molar-refractivity contribution < 1.29 is 22.7 Å². The SMILES string of the molecule is COC(=O)CC1CCC(c2ccc(C3=CCC=C(c4nc5ccc(C(F)(F)F)cc5[nH]4)C=C3)cc2)CC1. The monoisotopic (exact) mass is 506 g/mol. The van der Waals surface area contributed by atoms with Crippen LogP contribution in [0.25, 0.3) is 22.2 Å². The van der Waals surface area contributed by atoms with Crippen molar-refractivity contribution in [2.24, 2.45) is 5.92 Å². The first kappa shape index (κ1) is 25.1. The summed E-state index contributed by atoms with van der Waals surface area (Å²) in [6, 6.07) is 12.3. The molecule has 3 aromatic rings. The Morgan fingerprint density at radius 2 is 1.70 bits per heavy atom. The lowest BCUT2D eigenvalue weighted by Gasteiger charge is -2.28. The van der Waals surface area contributed by atoms with E-state index in [9.17, 15) is 18.0 Å². The zero-order valence-corrected chi connectivity index (χ0v) is 20.6. The third kappa shape index (κ3) is 5.71. The Balaban J connectivity index is 1.24. The maximum Gasteiger partial charge on any atom is 0.416 e. The molecule has 192 valence electrons. The van der Waals surface area contributed by atoms with Crippen molar-refractivity contribution in [2.45, 2.75) is 50.6 Å². The van der Waals surface area contributed by atoms with E-state index in [-0.39, 0.29) is 5.97 Å². The number of halogens is 3. The average Bonchev–Trinajstić information content (AvgIpc) is 3.17. The van der Waals surface area contributed by atoms with Crippen molar-refractivity contribution in [1.29, 1.82) is 0 Å². The van der Waals surface area contributed by atoms with Crippen LogP contribution in [0.5, 0.6) is 0 Å². The smallest absolute Gasteiger partial charge is 0.416 e. The molecule has 0 radical (unpaired) electrons. The van der Waals surface area contributed by atoms with Crippen LogP contribution >= 0.6 is 0 Å². The lowest BCUT2D eigenvalue weighted by molar-refractivity contribution is -0.142. The molecule has 1 fully saturated rings. The van der Waals surface area contributed by atoms with Gasteiger partial charge < -0.3 is 9.72 Å². The van der Waals surface area contributed by atoms with Crippen LogP contribution in [0.1, 0.15) is 67.0 Å². The molecule has 5 rings (SSSR count). The molecule has 37 heavy (non-hydrogen) atoms. The predicted octanol–water partition coefficient (Wildman–Crippen LogP) is 7.85. The molecule has 2 aliphatic carbocycles. The molecule has 2 aromatic carbocycles. The Morgan fingerprint density at radius 1 is 1.00 bits per heavy atom. The van der Waals surface area contributed by atoms with E-state index in [1.807, 2.05) is 18.2 Å². The highest BCUT2D eigenvalue weighted by atomic mass is 19.4. The number of fused-ring (bicyclic) bond motifs is 1. The van der Waals surface area contributed by atoms with Crippen LogP contribution in [0.15, 0.2) is 66.8 Å². The van der Waals surface area contributed by atoms with Crippen molar-refractivity contribution in [2.75, 3.05) is 7.11 Å². The highest BCUT2D eigenvalue weighted by molar-refractivity contribution is 5.85. The van der Waals surface area contributed by atoms with Crippen LogP contribution in [-0.2, 0) is 15.7 Å². The van der Waals surface area contributed by atoms with Gasteiger partial charge in [-0.3, -0.25) is 4.79 Å². The Hall–Kier alpha value is -3.61. The Labute approximate surface area is 213 Å². The minimum absolute atomic E-state index is 0.119. The summed E-state index contributed by atoms with van der Waals surface area (Å²) in [4.78, 5) is 19.1. The molecule has 1 heterocycles. The lowest BCUT2D eigenvalue weighted by Crippen LogP contribution is -2.17. The molecule has 0 unspecified atom stereocenters. The maximum atomic E-state index is 13.1. The van der Waals surface area contributed by atoms with Crippen LogP contribution in [0.2, 0.25) is 0 Å². The molecule has 0 bridgehead atoms. The molecule has 1 N–H and O–H groups in total. The van der Waals surface area contributed by atoms with Crippen LogP contribution in [-0.4, -0.2) is 23.0 Å². The summed E-state index contributed by atoms with van der Waals surface area (Å²) in [6.45, 7) is 0. The number of nitrogens with one attached hydrogen (secondary N) is 1. The number of carbonyl (C=O) groups excluding carboxylic acids is 1. The Kier molecular flexibility index (Phi) is 7.04. The van der Waals surface area contributed by atoms with E-state index >= 15 is 0 Å². The van der Waals surface area contributed by atoms with Gasteiger partial charge in [-0.2, -0.15) is 13.2 Å². The molecular formula is C30H29F3N2O2. The number of alkyl halides is 3. The number of hydrogen-bond acceptors (Lipinski definition) is 3. The van der Waals surface area contributed by atoms with Crippen molar-refractivity contribution in [3.8, 4) is 0 Å². The third-order valence-corrected chi connectivity index (χ3v) is 7.45. The van der Waals surface area contributed by atoms with E-state index in [1.54, 1.807) is 0 Å². The van der Waals surface area contributed by atoms with Crippen molar-refractivity contribution >= 4 is 28.1 Å². The number of methoxy groups -OCH3 is 1. The average molecular weight is 507 g/mol. The molecular weight excluding hydrogens is 477 g/mol. The number of benzene rings is 2. The zero-order chi connectivity index (χ0) is 26.0. The highest BCUT2D eigenvalue weighted by Gasteiger charge is 2.31. The number of H-pyrrole nitrogens is 1. The largest absolute Gasteiger partial charge is 0.469 e. The minimum Gasteiger partial charge on any atom is -0.469 e. The number of esters is 1. The molecule has 0 aliphatic heterocycles. The van der Waals surface area contributed by atoms with Gasteiger partial charge in [-0.15, -0.1) is 0 Å². The van der Waals surface area contributed by atoms with Gasteiger partial charge in [0.25, 0.3) is 0 Å². The van der Waals surface area contributed by atoms with Crippen molar-refractivity contribution in [3.05, 3.63) is 89.3 Å². The van der Waals surface area contributed by atoms with E-state index < -0.39 is 11.7 Å². The standard InChI is InChI=1S/C30H29F3N2O2/c1-37-28(36)17-19-5-7-21(8-6-19)23-11-9-22(10-12-23)20-3-2-4-24(14-13-20)29-34-26-16-15-25(30(31,32)33)18-27(26)35-29/h3-4,9-16,18-19,21H,2,5-8,17H2,1H3,(H,34,35). The summed E-state index contributed by atoms with van der Waals surface area (Å²) in [5.74, 6) is 1.37. The van der Waals surface area contributed by atoms with E-state index in [1.165, 1.54) is 18.7 Å². The normalized spacial score (nSPS) is 20.3. The van der Waals surface area contributed by atoms with E-state index in [0.29, 0.717) is 41.5 Å². The number of ether oxygens (including phenoxy) is 1. The fourth-order valence-corrected chi connectivity index (χ4v) is 5.31. The van der Waals surface area contributed by atoms with Crippen molar-refractivity contribution in [1.82, 2.24) is 9.97 Å². The van der Waals surface area contributed by atoms with E-state index in [4.69, 9.17) is 4.74 Å². The summed E-state index contributed by atoms with van der Waals surface area (Å²) >= 11 is 0. The number of rotatable bonds is 5. The second-order valence-corrected chi connectivity index (χ2v) is 9.82. The maximum absolute atomic E-state index is 13.1. The number of imidazole rings is 1. The molecule has 4 nitrogen and oxygen atoms in total. The van der Waals surface area contributed by atoms with Crippen molar-refractivity contribution in [3.63, 3.8) is 0 Å². The van der Waals surface area contributed by atoms with Gasteiger partial charge in [0.05, 0.1) is 23.7 Å². The van der Waals surface area contributed by atoms with Gasteiger partial charge in [-0.1, -0.05) is 48.6 Å². The Morgan fingerprint density at radius 3 is 2.41 bits per heavy atom. The van der Waals surface area contributed by atoms with Crippen LogP contribution in [0, 0.1) is 5.92 Å². The molecule has 1 saturated carbocycles. The second-order valence-electron chi connectivity index (χ2n) is 9.82. The molecule has 0 atom stereocenters. The molecule has 0 spiro atoms. The first-order valence-corrected chi connectivity index (χ1v) is 12.6. The van der Waals surface area contributed by atoms with Gasteiger partial charge in [-0.25, -0.2) is 4.98 Å². The molecule has 7 heteroatoms. The molecule has 0 saturated heterocycles. The number of aromatic nitrogens is 2. The number of hydrogen-bond donors (Lipinski definition) is 1. The number of nitrogens with zero attached hydrogens (tertiary/aromatic N) is 1. The number of aromatic amines is 1. The van der Waals surface area contributed by atoms with Crippen LogP contribution in [0.4, 0.5) is 13.2 Å². The van der Waals surface area contributed by atoms with Crippen LogP contribution < -0.4 is 0 Å². The summed E-state index contributed by atoms with van der Waals surface area (Å²) < 4.78 is 44.0. The van der Waals surface area contributed by atoms with Gasteiger partial charge in [0.2, 0.25) is 0 Å². The topological polar surface area (TPSA) is 55.0 Å². The summed E-state index contributed by atoms with van der Waals surface area (Å²) in [6.07, 6.45) is 9.21. The fraction of sp³-hybridized carbons (Fsp3) is 0.333. The van der Waals surface area contributed by atoms with Crippen LogP contribution in [0.3, 0.4) is 0 Å². The zero-order valence-electron chi connectivity index (χ0n) is 20.6. The summed E-state index contributed by atoms with van der Waals surface area (Å²) in [5.41, 5.74) is 4.57. The van der Waals surface area contributed by atoms with Gasteiger partial charge in [-0.05, 0) is 78.8 Å². The third-order valence-electron chi connectivity index (χ3n) is 7.45. The first-order chi connectivity index (χ1) is 17.8. The highest BCUT2D eigenvalue weighted by Crippen LogP contribution is 2.38.